The molecule has 0 radical (unpaired) electrons. The number of piperazine rings is 1. The summed E-state index contributed by atoms with van der Waals surface area (Å²) in [6, 6.07) is 17.8. The molecule has 0 spiro atoms. The van der Waals surface area contributed by atoms with E-state index in [4.69, 9.17) is 9.47 Å². The summed E-state index contributed by atoms with van der Waals surface area (Å²) < 4.78 is 10.3. The van der Waals surface area contributed by atoms with Crippen molar-refractivity contribution in [3.05, 3.63) is 71.8 Å². The molecule has 10 heteroatoms. The molecule has 0 bridgehead atoms. The molecule has 1 heterocycles. The van der Waals surface area contributed by atoms with E-state index < -0.39 is 30.5 Å². The van der Waals surface area contributed by atoms with Gasteiger partial charge in [-0.25, -0.2) is 9.59 Å². The van der Waals surface area contributed by atoms with Gasteiger partial charge in [0.05, 0.1) is 12.1 Å². The molecule has 3 rings (SSSR count). The highest BCUT2D eigenvalue weighted by molar-refractivity contribution is 5.83. The van der Waals surface area contributed by atoms with E-state index in [1.807, 2.05) is 60.7 Å². The van der Waals surface area contributed by atoms with Crippen LogP contribution >= 0.6 is 0 Å². The quantitative estimate of drug-likeness (QED) is 0.283. The molecule has 2 aromatic carbocycles. The molecule has 0 aliphatic carbocycles. The van der Waals surface area contributed by atoms with Crippen LogP contribution in [0.25, 0.3) is 0 Å². The number of ether oxygens (including phenoxy) is 2. The number of carbonyl (C=O) groups is 3. The summed E-state index contributed by atoms with van der Waals surface area (Å²) in [6.45, 7) is 1.10. The van der Waals surface area contributed by atoms with Gasteiger partial charge in [0.1, 0.15) is 19.4 Å². The van der Waals surface area contributed by atoms with Crippen molar-refractivity contribution in [1.82, 2.24) is 21.3 Å². The van der Waals surface area contributed by atoms with E-state index in [1.54, 1.807) is 0 Å². The number of amides is 3. The first kappa shape index (κ1) is 27.0. The zero-order valence-corrected chi connectivity index (χ0v) is 20.2. The van der Waals surface area contributed by atoms with Crippen molar-refractivity contribution in [1.29, 1.82) is 0 Å². The van der Waals surface area contributed by atoms with Crippen LogP contribution in [0.15, 0.2) is 60.7 Å². The lowest BCUT2D eigenvalue weighted by molar-refractivity contribution is -0.130. The van der Waals surface area contributed by atoms with Gasteiger partial charge in [0.15, 0.2) is 0 Å². The number of rotatable bonds is 12. The predicted octanol–water partition coefficient (Wildman–Crippen LogP) is 2.17. The van der Waals surface area contributed by atoms with Crippen molar-refractivity contribution >= 4 is 18.1 Å². The average molecular weight is 499 g/mol. The molecular formula is C26H34N4O6. The number of aliphatic hydroxyl groups excluding tert-OH is 1. The van der Waals surface area contributed by atoms with Crippen molar-refractivity contribution in [3.8, 4) is 0 Å². The largest absolute Gasteiger partial charge is 0.445 e. The van der Waals surface area contributed by atoms with Crippen molar-refractivity contribution in [2.24, 2.45) is 0 Å². The van der Waals surface area contributed by atoms with Gasteiger partial charge in [-0.15, -0.1) is 0 Å². The molecule has 10 nitrogen and oxygen atoms in total. The Bertz CT molecular complexity index is 959. The van der Waals surface area contributed by atoms with E-state index in [0.717, 1.165) is 11.1 Å². The minimum atomic E-state index is -0.901. The summed E-state index contributed by atoms with van der Waals surface area (Å²) in [5.74, 6) is -0.202. The highest BCUT2D eigenvalue weighted by Crippen LogP contribution is 2.11. The van der Waals surface area contributed by atoms with Gasteiger partial charge in [-0.2, -0.15) is 0 Å². The molecule has 0 aromatic heterocycles. The van der Waals surface area contributed by atoms with Gasteiger partial charge >= 0.3 is 12.2 Å². The third-order valence-corrected chi connectivity index (χ3v) is 5.72. The number of benzene rings is 2. The Kier molecular flexibility index (Phi) is 11.0. The topological polar surface area (TPSA) is 138 Å². The molecule has 3 atom stereocenters. The molecule has 1 aliphatic rings. The third-order valence-electron chi connectivity index (χ3n) is 5.72. The maximum Gasteiger partial charge on any atom is 0.407 e. The molecule has 1 saturated heterocycles. The number of carbonyl (C=O) groups excluding carboxylic acids is 3. The lowest BCUT2D eigenvalue weighted by atomic mass is 10.0. The number of alkyl carbamates (subject to hydrolysis) is 2. The molecule has 1 aliphatic heterocycles. The molecule has 1 fully saturated rings. The van der Waals surface area contributed by atoms with Crippen LogP contribution in [0.5, 0.6) is 0 Å². The summed E-state index contributed by atoms with van der Waals surface area (Å²) in [7, 11) is 0. The van der Waals surface area contributed by atoms with Gasteiger partial charge in [0.2, 0.25) is 5.91 Å². The zero-order chi connectivity index (χ0) is 25.6. The molecule has 0 saturated carbocycles. The normalized spacial score (nSPS) is 19.1. The monoisotopic (exact) mass is 498 g/mol. The highest BCUT2D eigenvalue weighted by Gasteiger charge is 2.33. The van der Waals surface area contributed by atoms with E-state index in [0.29, 0.717) is 38.8 Å². The molecule has 36 heavy (non-hydrogen) atoms. The third kappa shape index (κ3) is 9.55. The molecule has 3 unspecified atom stereocenters. The van der Waals surface area contributed by atoms with E-state index in [1.165, 1.54) is 0 Å². The van der Waals surface area contributed by atoms with Crippen LogP contribution in [0.2, 0.25) is 0 Å². The first-order valence-corrected chi connectivity index (χ1v) is 12.1. The van der Waals surface area contributed by atoms with E-state index in [2.05, 4.69) is 21.3 Å². The summed E-state index contributed by atoms with van der Waals surface area (Å²) in [4.78, 5) is 36.0. The fraction of sp³-hybridized carbons (Fsp3) is 0.423. The van der Waals surface area contributed by atoms with Crippen LogP contribution in [0.1, 0.15) is 36.8 Å². The standard InChI is InChI=1S/C26H34N4O6/c31-23-21(13-7-15-27-25(33)35-17-19-9-3-1-4-10-19)29-24(32)22(30-23)14-8-16-28-26(34)36-18-20-11-5-2-6-12-20/h1-6,9-12,21-23,30-31H,7-8,13-18H2,(H,27,33)(H,28,34)(H,29,32). The Morgan fingerprint density at radius 1 is 0.806 bits per heavy atom. The number of nitrogens with one attached hydrogen (secondary N) is 4. The summed E-state index contributed by atoms with van der Waals surface area (Å²) in [5.41, 5.74) is 1.80. The number of hydrogen-bond donors (Lipinski definition) is 5. The van der Waals surface area contributed by atoms with Crippen molar-refractivity contribution in [2.75, 3.05) is 13.1 Å². The van der Waals surface area contributed by atoms with E-state index >= 15 is 0 Å². The van der Waals surface area contributed by atoms with Crippen LogP contribution in [-0.4, -0.2) is 54.6 Å². The Hall–Kier alpha value is -3.63. The van der Waals surface area contributed by atoms with Gasteiger partial charge in [-0.3, -0.25) is 10.1 Å². The molecule has 2 aromatic rings. The Labute approximate surface area is 210 Å². The Morgan fingerprint density at radius 3 is 1.83 bits per heavy atom. The molecule has 3 amide bonds. The van der Waals surface area contributed by atoms with Crippen LogP contribution in [0, 0.1) is 0 Å². The Morgan fingerprint density at radius 2 is 1.31 bits per heavy atom. The Balaban J connectivity index is 1.23. The van der Waals surface area contributed by atoms with Gasteiger partial charge in [0, 0.05) is 13.1 Å². The summed E-state index contributed by atoms with van der Waals surface area (Å²) in [6.07, 6.45) is 0.104. The smallest absolute Gasteiger partial charge is 0.407 e. The number of aliphatic hydroxyl groups is 1. The number of hydrogen-bond acceptors (Lipinski definition) is 7. The second-order valence-electron chi connectivity index (χ2n) is 8.54. The lowest BCUT2D eigenvalue weighted by Gasteiger charge is -2.35. The van der Waals surface area contributed by atoms with Crippen LogP contribution in [0.3, 0.4) is 0 Å². The van der Waals surface area contributed by atoms with Crippen LogP contribution in [0.4, 0.5) is 9.59 Å². The van der Waals surface area contributed by atoms with E-state index in [-0.39, 0.29) is 19.1 Å². The van der Waals surface area contributed by atoms with Gasteiger partial charge in [0.25, 0.3) is 0 Å². The molecular weight excluding hydrogens is 464 g/mol. The maximum atomic E-state index is 12.4. The lowest BCUT2D eigenvalue weighted by Crippen LogP contribution is -2.63. The predicted molar refractivity (Wildman–Crippen MR) is 133 cm³/mol. The van der Waals surface area contributed by atoms with Crippen LogP contribution in [-0.2, 0) is 27.5 Å². The maximum absolute atomic E-state index is 12.4. The second-order valence-corrected chi connectivity index (χ2v) is 8.54. The summed E-state index contributed by atoms with van der Waals surface area (Å²) >= 11 is 0. The summed E-state index contributed by atoms with van der Waals surface area (Å²) in [5, 5.41) is 21.5. The minimum absolute atomic E-state index is 0.192. The van der Waals surface area contributed by atoms with Crippen molar-refractivity contribution in [2.45, 2.75) is 57.2 Å². The van der Waals surface area contributed by atoms with E-state index in [9.17, 15) is 19.5 Å². The fourth-order valence-electron chi connectivity index (χ4n) is 3.76. The molecule has 194 valence electrons. The molecule has 5 N–H and O–H groups in total. The first-order chi connectivity index (χ1) is 17.5. The van der Waals surface area contributed by atoms with Gasteiger partial charge < -0.3 is 30.5 Å². The average Bonchev–Trinajstić information content (AvgIpc) is 2.90. The zero-order valence-electron chi connectivity index (χ0n) is 20.2. The second kappa shape index (κ2) is 14.7. The van der Waals surface area contributed by atoms with Gasteiger partial charge in [-0.1, -0.05) is 60.7 Å². The van der Waals surface area contributed by atoms with Crippen LogP contribution < -0.4 is 21.3 Å². The van der Waals surface area contributed by atoms with Crippen molar-refractivity contribution < 1.29 is 29.0 Å². The SMILES string of the molecule is O=C(NCCCC1NC(O)C(CCCNC(=O)OCc2ccccc2)NC1=O)OCc1ccccc1. The highest BCUT2D eigenvalue weighted by atomic mass is 16.6. The van der Waals surface area contributed by atoms with Crippen molar-refractivity contribution in [3.63, 3.8) is 0 Å². The van der Waals surface area contributed by atoms with Gasteiger partial charge in [-0.05, 0) is 36.8 Å². The minimum Gasteiger partial charge on any atom is -0.445 e. The first-order valence-electron chi connectivity index (χ1n) is 12.1. The fourth-order valence-corrected chi connectivity index (χ4v) is 3.76.